The minimum absolute atomic E-state index is 0.319. The molecule has 0 aliphatic carbocycles. The second-order valence-corrected chi connectivity index (χ2v) is 6.24. The van der Waals surface area contributed by atoms with Crippen molar-refractivity contribution in [1.82, 2.24) is 4.98 Å². The number of hydrogen-bond donors (Lipinski definition) is 1. The fourth-order valence-electron chi connectivity index (χ4n) is 2.04. The lowest BCUT2D eigenvalue weighted by molar-refractivity contribution is 0.0979. The standard InChI is InChI=1S/C15H15NO5S/c1-21-13-4-2-11(3-5-13)14(17)10-15(22(18,19)20)12-6-8-16-9-7-12/h2-9,15H,10H2,1H3,(H,18,19,20). The van der Waals surface area contributed by atoms with E-state index in [0.29, 0.717) is 16.9 Å². The molecule has 0 aliphatic heterocycles. The first-order valence-corrected chi connectivity index (χ1v) is 7.95. The zero-order chi connectivity index (χ0) is 16.2. The summed E-state index contributed by atoms with van der Waals surface area (Å²) < 4.78 is 37.5. The molecule has 0 spiro atoms. The molecule has 116 valence electrons. The summed E-state index contributed by atoms with van der Waals surface area (Å²) in [5, 5.41) is -1.31. The first-order valence-electron chi connectivity index (χ1n) is 6.45. The highest BCUT2D eigenvalue weighted by atomic mass is 32.2. The van der Waals surface area contributed by atoms with Crippen LogP contribution in [0.3, 0.4) is 0 Å². The van der Waals surface area contributed by atoms with E-state index in [2.05, 4.69) is 4.98 Å². The highest BCUT2D eigenvalue weighted by Crippen LogP contribution is 2.26. The molecule has 0 radical (unpaired) electrons. The summed E-state index contributed by atoms with van der Waals surface area (Å²) in [6.07, 6.45) is 2.46. The van der Waals surface area contributed by atoms with Crippen LogP contribution in [-0.2, 0) is 10.1 Å². The van der Waals surface area contributed by atoms with Crippen LogP contribution in [-0.4, -0.2) is 30.8 Å². The molecular formula is C15H15NO5S. The number of ketones is 1. The summed E-state index contributed by atoms with van der Waals surface area (Å²) in [5.41, 5.74) is 0.669. The second-order valence-electron chi connectivity index (χ2n) is 4.64. The number of benzene rings is 1. The Morgan fingerprint density at radius 3 is 2.27 bits per heavy atom. The van der Waals surface area contributed by atoms with Gasteiger partial charge in [-0.25, -0.2) is 0 Å². The SMILES string of the molecule is COc1ccc(C(=O)CC(c2ccncc2)S(=O)(=O)O)cc1. The third-order valence-electron chi connectivity index (χ3n) is 3.22. The van der Waals surface area contributed by atoms with E-state index < -0.39 is 15.4 Å². The number of carbonyl (C=O) groups excluding carboxylic acids is 1. The minimum Gasteiger partial charge on any atom is -0.497 e. The molecule has 1 unspecified atom stereocenters. The van der Waals surface area contributed by atoms with Crippen LogP contribution in [0.1, 0.15) is 27.6 Å². The van der Waals surface area contributed by atoms with Gasteiger partial charge in [-0.1, -0.05) is 0 Å². The second kappa shape index (κ2) is 6.67. The molecule has 0 saturated heterocycles. The van der Waals surface area contributed by atoms with Crippen LogP contribution in [0.15, 0.2) is 48.8 Å². The molecule has 2 aromatic rings. The van der Waals surface area contributed by atoms with Crippen molar-refractivity contribution in [2.75, 3.05) is 7.11 Å². The van der Waals surface area contributed by atoms with Gasteiger partial charge in [0.05, 0.1) is 7.11 Å². The zero-order valence-corrected chi connectivity index (χ0v) is 12.7. The molecule has 0 amide bonds. The average molecular weight is 321 g/mol. The normalized spacial score (nSPS) is 12.6. The van der Waals surface area contributed by atoms with Crippen molar-refractivity contribution in [3.05, 3.63) is 59.9 Å². The van der Waals surface area contributed by atoms with Crippen molar-refractivity contribution >= 4 is 15.9 Å². The molecule has 22 heavy (non-hydrogen) atoms. The summed E-state index contributed by atoms with van der Waals surface area (Å²) in [7, 11) is -2.90. The first-order chi connectivity index (χ1) is 10.4. The summed E-state index contributed by atoms with van der Waals surface area (Å²) in [5.74, 6) is 0.208. The van der Waals surface area contributed by atoms with Gasteiger partial charge in [-0.3, -0.25) is 14.3 Å². The van der Waals surface area contributed by atoms with Crippen molar-refractivity contribution in [3.63, 3.8) is 0 Å². The number of hydrogen-bond acceptors (Lipinski definition) is 5. The number of carbonyl (C=O) groups is 1. The lowest BCUT2D eigenvalue weighted by Crippen LogP contribution is -2.16. The number of rotatable bonds is 6. The lowest BCUT2D eigenvalue weighted by atomic mass is 10.0. The molecule has 1 heterocycles. The largest absolute Gasteiger partial charge is 0.497 e. The Bertz CT molecular complexity index is 741. The quantitative estimate of drug-likeness (QED) is 0.648. The molecular weight excluding hydrogens is 306 g/mol. The lowest BCUT2D eigenvalue weighted by Gasteiger charge is -2.13. The number of methoxy groups -OCH3 is 1. The van der Waals surface area contributed by atoms with E-state index in [9.17, 15) is 17.8 Å². The highest BCUT2D eigenvalue weighted by molar-refractivity contribution is 7.86. The van der Waals surface area contributed by atoms with Crippen molar-refractivity contribution in [2.45, 2.75) is 11.7 Å². The summed E-state index contributed by atoms with van der Waals surface area (Å²) in [6, 6.07) is 9.24. The van der Waals surface area contributed by atoms with Crippen LogP contribution < -0.4 is 4.74 Å². The van der Waals surface area contributed by atoms with E-state index in [0.717, 1.165) is 0 Å². The van der Waals surface area contributed by atoms with Gasteiger partial charge >= 0.3 is 0 Å². The van der Waals surface area contributed by atoms with Gasteiger partial charge in [0.1, 0.15) is 11.0 Å². The molecule has 1 aromatic heterocycles. The number of pyridine rings is 1. The van der Waals surface area contributed by atoms with Crippen LogP contribution in [0, 0.1) is 0 Å². The number of nitrogens with zero attached hydrogens (tertiary/aromatic N) is 1. The Labute approximate surface area is 128 Å². The van der Waals surface area contributed by atoms with Crippen LogP contribution in [0.4, 0.5) is 0 Å². The molecule has 0 fully saturated rings. The topological polar surface area (TPSA) is 93.6 Å². The zero-order valence-electron chi connectivity index (χ0n) is 11.8. The van der Waals surface area contributed by atoms with E-state index in [1.807, 2.05) is 0 Å². The van der Waals surface area contributed by atoms with Crippen molar-refractivity contribution in [2.24, 2.45) is 0 Å². The minimum atomic E-state index is -4.41. The van der Waals surface area contributed by atoms with Gasteiger partial charge in [-0.2, -0.15) is 8.42 Å². The van der Waals surface area contributed by atoms with E-state index >= 15 is 0 Å². The molecule has 0 aliphatic rings. The van der Waals surface area contributed by atoms with Gasteiger partial charge in [0, 0.05) is 24.4 Å². The summed E-state index contributed by atoms with van der Waals surface area (Å²) in [4.78, 5) is 16.0. The van der Waals surface area contributed by atoms with Crippen LogP contribution >= 0.6 is 0 Å². The Morgan fingerprint density at radius 2 is 1.77 bits per heavy atom. The Kier molecular flexibility index (Phi) is 4.89. The summed E-state index contributed by atoms with van der Waals surface area (Å²) in [6.45, 7) is 0. The Morgan fingerprint density at radius 1 is 1.18 bits per heavy atom. The molecule has 0 bridgehead atoms. The maximum Gasteiger partial charge on any atom is 0.272 e. The van der Waals surface area contributed by atoms with Gasteiger partial charge in [0.2, 0.25) is 0 Å². The predicted molar refractivity (Wildman–Crippen MR) is 80.5 cm³/mol. The first kappa shape index (κ1) is 16.1. The van der Waals surface area contributed by atoms with Gasteiger partial charge in [0.15, 0.2) is 5.78 Å². The van der Waals surface area contributed by atoms with Crippen LogP contribution in [0.5, 0.6) is 5.75 Å². The van der Waals surface area contributed by atoms with Crippen LogP contribution in [0.25, 0.3) is 0 Å². The number of Topliss-reactive ketones (excluding diaryl/α,β-unsaturated/α-hetero) is 1. The summed E-state index contributed by atoms with van der Waals surface area (Å²) >= 11 is 0. The number of ether oxygens (including phenoxy) is 1. The van der Waals surface area contributed by atoms with Crippen molar-refractivity contribution < 1.29 is 22.5 Å². The maximum absolute atomic E-state index is 12.2. The fourth-order valence-corrected chi connectivity index (χ4v) is 2.90. The highest BCUT2D eigenvalue weighted by Gasteiger charge is 2.28. The monoisotopic (exact) mass is 321 g/mol. The molecule has 1 N–H and O–H groups in total. The van der Waals surface area contributed by atoms with E-state index in [1.165, 1.54) is 31.6 Å². The van der Waals surface area contributed by atoms with Gasteiger partial charge in [-0.15, -0.1) is 0 Å². The molecule has 1 atom stereocenters. The molecule has 1 aromatic carbocycles. The number of aromatic nitrogens is 1. The van der Waals surface area contributed by atoms with Gasteiger partial charge < -0.3 is 4.74 Å². The van der Waals surface area contributed by atoms with Crippen molar-refractivity contribution in [3.8, 4) is 5.75 Å². The van der Waals surface area contributed by atoms with E-state index in [-0.39, 0.29) is 12.2 Å². The smallest absolute Gasteiger partial charge is 0.272 e. The van der Waals surface area contributed by atoms with E-state index in [1.54, 1.807) is 24.3 Å². The van der Waals surface area contributed by atoms with E-state index in [4.69, 9.17) is 4.74 Å². The molecule has 0 saturated carbocycles. The molecule has 2 rings (SSSR count). The fraction of sp³-hybridized carbons (Fsp3) is 0.200. The average Bonchev–Trinajstić information content (AvgIpc) is 2.52. The third kappa shape index (κ3) is 3.90. The van der Waals surface area contributed by atoms with Crippen molar-refractivity contribution in [1.29, 1.82) is 0 Å². The Balaban J connectivity index is 2.25. The van der Waals surface area contributed by atoms with Gasteiger partial charge in [-0.05, 0) is 42.0 Å². The molecule has 7 heteroatoms. The van der Waals surface area contributed by atoms with Crippen LogP contribution in [0.2, 0.25) is 0 Å². The maximum atomic E-state index is 12.2. The van der Waals surface area contributed by atoms with Gasteiger partial charge in [0.25, 0.3) is 10.1 Å². The Hall–Kier alpha value is -2.25. The molecule has 6 nitrogen and oxygen atoms in total. The third-order valence-corrected chi connectivity index (χ3v) is 4.38. The predicted octanol–water partition coefficient (Wildman–Crippen LogP) is 2.29.